The average Bonchev–Trinajstić information content (AvgIpc) is 3.62. The zero-order valence-corrected chi connectivity index (χ0v) is 54.2. The van der Waals surface area contributed by atoms with Gasteiger partial charge in [0.2, 0.25) is 5.91 Å². The van der Waals surface area contributed by atoms with E-state index >= 15 is 0 Å². The van der Waals surface area contributed by atoms with Crippen LogP contribution in [0, 0.1) is 0 Å². The smallest absolute Gasteiger partial charge is 0.220 e. The normalized spacial score (nSPS) is 23.6. The van der Waals surface area contributed by atoms with E-state index in [1.165, 1.54) is 270 Å². The van der Waals surface area contributed by atoms with Crippen molar-refractivity contribution in [2.24, 2.45) is 0 Å². The number of hydrogen-bond donors (Lipinski definition) is 9. The maximum atomic E-state index is 13.3. The lowest BCUT2D eigenvalue weighted by Crippen LogP contribution is -2.65. The van der Waals surface area contributed by atoms with Gasteiger partial charge in [-0.1, -0.05) is 321 Å². The molecule has 498 valence electrons. The van der Waals surface area contributed by atoms with Crippen molar-refractivity contribution in [2.45, 2.75) is 408 Å². The summed E-state index contributed by atoms with van der Waals surface area (Å²) in [4.78, 5) is 13.3. The van der Waals surface area contributed by atoms with Crippen LogP contribution < -0.4 is 5.32 Å². The summed E-state index contributed by atoms with van der Waals surface area (Å²) in [6, 6.07) is -0.911. The highest BCUT2D eigenvalue weighted by Crippen LogP contribution is 2.30. The number of nitrogens with one attached hydrogen (secondary N) is 1. The molecule has 0 radical (unpaired) electrons. The number of amides is 1. The molecule has 9 N–H and O–H groups in total. The predicted octanol–water partition coefficient (Wildman–Crippen LogP) is 14.6. The number of aliphatic hydroxyl groups excluding tert-OH is 8. The minimum atomic E-state index is -1.79. The molecule has 0 saturated carbocycles. The number of rotatable bonds is 60. The molecule has 84 heavy (non-hydrogen) atoms. The molecule has 14 nitrogen and oxygen atoms in total. The van der Waals surface area contributed by atoms with Crippen molar-refractivity contribution in [1.29, 1.82) is 0 Å². The van der Waals surface area contributed by atoms with Crippen LogP contribution in [-0.2, 0) is 23.7 Å². The van der Waals surface area contributed by atoms with Gasteiger partial charge in [0, 0.05) is 6.42 Å². The minimum Gasteiger partial charge on any atom is -0.394 e. The molecule has 1 amide bonds. The van der Waals surface area contributed by atoms with Crippen LogP contribution in [0.25, 0.3) is 0 Å². The highest BCUT2D eigenvalue weighted by molar-refractivity contribution is 5.76. The van der Waals surface area contributed by atoms with Gasteiger partial charge in [0.1, 0.15) is 48.8 Å². The number of unbranched alkanes of at least 4 members (excludes halogenated alkanes) is 47. The number of carbonyl (C=O) groups is 1. The highest BCUT2D eigenvalue weighted by Gasteiger charge is 2.51. The van der Waals surface area contributed by atoms with Gasteiger partial charge in [-0.15, -0.1) is 0 Å². The van der Waals surface area contributed by atoms with Crippen LogP contribution in [0.4, 0.5) is 0 Å². The summed E-state index contributed by atoms with van der Waals surface area (Å²) in [5, 5.41) is 87.4. The van der Waals surface area contributed by atoms with Crippen LogP contribution in [0.15, 0.2) is 12.2 Å². The van der Waals surface area contributed by atoms with Crippen LogP contribution in [0.2, 0.25) is 0 Å². The van der Waals surface area contributed by atoms with Crippen LogP contribution >= 0.6 is 0 Å². The Bertz CT molecular complexity index is 1460. The van der Waals surface area contributed by atoms with Gasteiger partial charge in [-0.05, 0) is 19.3 Å². The summed E-state index contributed by atoms with van der Waals surface area (Å²) in [5.41, 5.74) is 0. The van der Waals surface area contributed by atoms with Gasteiger partial charge < -0.3 is 65.1 Å². The SMILES string of the molecule is CCCCCCCCCCCCCCCCCCCCCCCCCCCCCCC/C=C/C(O)C(COC1OC(CO)C(OC2OC(CO)C(O)C(O)C2O)C(O)C1O)NC(=O)CCCCCCCCCCCCCCCCCCCCC. The summed E-state index contributed by atoms with van der Waals surface area (Å²) in [6.07, 6.45) is 51.3. The van der Waals surface area contributed by atoms with Crippen molar-refractivity contribution >= 4 is 5.91 Å². The molecule has 0 aromatic heterocycles. The molecule has 0 spiro atoms. The first-order chi connectivity index (χ1) is 41.1. The largest absolute Gasteiger partial charge is 0.394 e. The zero-order chi connectivity index (χ0) is 60.9. The van der Waals surface area contributed by atoms with Gasteiger partial charge in [-0.2, -0.15) is 0 Å². The maximum Gasteiger partial charge on any atom is 0.220 e. The third-order valence-corrected chi connectivity index (χ3v) is 18.0. The highest BCUT2D eigenvalue weighted by atomic mass is 16.7. The fourth-order valence-electron chi connectivity index (χ4n) is 12.2. The number of aliphatic hydroxyl groups is 8. The second-order valence-corrected chi connectivity index (χ2v) is 25.7. The van der Waals surface area contributed by atoms with E-state index in [-0.39, 0.29) is 18.9 Å². The Morgan fingerprint density at radius 1 is 0.417 bits per heavy atom. The van der Waals surface area contributed by atoms with Crippen molar-refractivity contribution in [3.05, 3.63) is 12.2 Å². The predicted molar refractivity (Wildman–Crippen MR) is 342 cm³/mol. The van der Waals surface area contributed by atoms with Crippen molar-refractivity contribution in [3.63, 3.8) is 0 Å². The van der Waals surface area contributed by atoms with Gasteiger partial charge in [-0.25, -0.2) is 0 Å². The van der Waals surface area contributed by atoms with E-state index in [0.717, 1.165) is 38.5 Å². The van der Waals surface area contributed by atoms with Crippen molar-refractivity contribution in [2.75, 3.05) is 19.8 Å². The summed E-state index contributed by atoms with van der Waals surface area (Å²) in [7, 11) is 0. The van der Waals surface area contributed by atoms with E-state index in [1.54, 1.807) is 6.08 Å². The number of ether oxygens (including phenoxy) is 4. The molecule has 2 heterocycles. The molecule has 2 rings (SSSR count). The number of allylic oxidation sites excluding steroid dienone is 1. The quantitative estimate of drug-likeness (QED) is 0.0204. The van der Waals surface area contributed by atoms with Crippen molar-refractivity contribution in [1.82, 2.24) is 5.32 Å². The zero-order valence-electron chi connectivity index (χ0n) is 54.2. The molecular formula is C70H135NO13. The Morgan fingerprint density at radius 3 is 1.10 bits per heavy atom. The molecular weight excluding hydrogens is 1060 g/mol. The van der Waals surface area contributed by atoms with Crippen LogP contribution in [0.3, 0.4) is 0 Å². The van der Waals surface area contributed by atoms with E-state index < -0.39 is 86.8 Å². The molecule has 0 aromatic carbocycles. The van der Waals surface area contributed by atoms with E-state index in [4.69, 9.17) is 18.9 Å². The molecule has 2 aliphatic heterocycles. The molecule has 2 aliphatic rings. The lowest BCUT2D eigenvalue weighted by molar-refractivity contribution is -0.359. The van der Waals surface area contributed by atoms with Crippen LogP contribution in [-0.4, -0.2) is 140 Å². The number of carbonyl (C=O) groups excluding carboxylic acids is 1. The summed E-state index contributed by atoms with van der Waals surface area (Å²) in [6.45, 7) is 2.86. The molecule has 2 saturated heterocycles. The lowest BCUT2D eigenvalue weighted by atomic mass is 9.97. The summed E-state index contributed by atoms with van der Waals surface area (Å²) < 4.78 is 22.9. The fourth-order valence-corrected chi connectivity index (χ4v) is 12.2. The number of hydrogen-bond acceptors (Lipinski definition) is 13. The van der Waals surface area contributed by atoms with E-state index in [9.17, 15) is 45.6 Å². The summed E-state index contributed by atoms with van der Waals surface area (Å²) >= 11 is 0. The van der Waals surface area contributed by atoms with Crippen molar-refractivity contribution < 1.29 is 64.6 Å². The second kappa shape index (κ2) is 55.8. The Hall–Kier alpha value is -1.27. The van der Waals surface area contributed by atoms with Crippen molar-refractivity contribution in [3.8, 4) is 0 Å². The summed E-state index contributed by atoms with van der Waals surface area (Å²) in [5.74, 6) is -0.231. The van der Waals surface area contributed by atoms with E-state index in [0.29, 0.717) is 6.42 Å². The maximum absolute atomic E-state index is 13.3. The molecule has 12 unspecified atom stereocenters. The van der Waals surface area contributed by atoms with E-state index in [1.807, 2.05) is 6.08 Å². The first-order valence-electron chi connectivity index (χ1n) is 35.9. The molecule has 14 heteroatoms. The van der Waals surface area contributed by atoms with Crippen LogP contribution in [0.1, 0.15) is 335 Å². The fraction of sp³-hybridized carbons (Fsp3) is 0.957. The monoisotopic (exact) mass is 1200 g/mol. The Morgan fingerprint density at radius 2 is 0.738 bits per heavy atom. The van der Waals surface area contributed by atoms with Gasteiger partial charge in [-0.3, -0.25) is 4.79 Å². The second-order valence-electron chi connectivity index (χ2n) is 25.7. The Balaban J connectivity index is 1.65. The van der Waals surface area contributed by atoms with E-state index in [2.05, 4.69) is 19.2 Å². The molecule has 0 aliphatic carbocycles. The average molecular weight is 1200 g/mol. The topological polar surface area (TPSA) is 228 Å². The first-order valence-corrected chi connectivity index (χ1v) is 35.9. The lowest BCUT2D eigenvalue weighted by Gasteiger charge is -2.46. The standard InChI is InChI=1S/C70H135NO13/c1-3-5-7-9-11-13-15-17-19-21-23-24-25-26-27-28-29-30-31-32-33-34-36-37-39-41-43-45-47-49-51-53-59(74)58(71-62(75)54-52-50-48-46-44-42-40-38-35-22-20-18-16-14-12-10-8-6-4-2)57-81-69-67(80)65(78)68(61(56-73)83-69)84-70-66(79)64(77)63(76)60(55-72)82-70/h51,53,58-61,63-70,72-74,76-80H,3-50,52,54-57H2,1-2H3,(H,71,75)/b53-51+. The molecule has 0 aromatic rings. The minimum absolute atomic E-state index is 0.231. The molecule has 2 fully saturated rings. The van der Waals surface area contributed by atoms with Gasteiger partial charge in [0.05, 0.1) is 32.0 Å². The van der Waals surface area contributed by atoms with Crippen LogP contribution in [0.5, 0.6) is 0 Å². The molecule has 12 atom stereocenters. The molecule has 0 bridgehead atoms. The van der Waals surface area contributed by atoms with Gasteiger partial charge in [0.25, 0.3) is 0 Å². The Labute approximate surface area is 514 Å². The first kappa shape index (κ1) is 78.8. The Kier molecular flexibility index (Phi) is 52.3. The third-order valence-electron chi connectivity index (χ3n) is 18.0. The van der Waals surface area contributed by atoms with Gasteiger partial charge in [0.15, 0.2) is 12.6 Å². The van der Waals surface area contributed by atoms with Gasteiger partial charge >= 0.3 is 0 Å². The third kappa shape index (κ3) is 39.7.